The van der Waals surface area contributed by atoms with Crippen LogP contribution < -0.4 is 5.32 Å². The molecule has 1 N–H and O–H groups in total. The van der Waals surface area contributed by atoms with E-state index in [1.807, 2.05) is 0 Å². The number of nitrogens with zero attached hydrogens (tertiary/aromatic N) is 2. The number of nitrogens with one attached hydrogen (secondary N) is 1. The van der Waals surface area contributed by atoms with Gasteiger partial charge in [0, 0.05) is 53.5 Å². The number of Topliss-reactive ketones (excluding diaryl/α,β-unsaturated/α-hetero) is 1. The van der Waals surface area contributed by atoms with Gasteiger partial charge in [0.1, 0.15) is 0 Å². The maximum absolute atomic E-state index is 13.4. The Bertz CT molecular complexity index is 1860. The van der Waals surface area contributed by atoms with E-state index in [1.54, 1.807) is 12.1 Å². The first-order valence-corrected chi connectivity index (χ1v) is 14.0. The minimum Gasteiger partial charge on any atom is -0.350 e. The van der Waals surface area contributed by atoms with E-state index in [4.69, 9.17) is 11.6 Å². The van der Waals surface area contributed by atoms with Gasteiger partial charge in [0.15, 0.2) is 0 Å². The summed E-state index contributed by atoms with van der Waals surface area (Å²) < 4.78 is 121. The quantitative estimate of drug-likeness (QED) is 0.114. The number of amides is 2. The summed E-state index contributed by atoms with van der Waals surface area (Å²) >= 11 is 5.92. The highest BCUT2D eigenvalue weighted by Gasteiger charge is 2.41. The van der Waals surface area contributed by atoms with Crippen LogP contribution >= 0.6 is 11.6 Å². The number of fused-ring (bicyclic) bond motifs is 1. The molecule has 1 unspecified atom stereocenters. The van der Waals surface area contributed by atoms with Gasteiger partial charge in [-0.3, -0.25) is 14.4 Å². The summed E-state index contributed by atoms with van der Waals surface area (Å²) in [7, 11) is 2.56. The van der Waals surface area contributed by atoms with Crippen LogP contribution in [-0.2, 0) is 30.6 Å². The molecule has 0 radical (unpaired) electrons. The van der Waals surface area contributed by atoms with Gasteiger partial charge in [-0.1, -0.05) is 29.8 Å². The Hall–Kier alpha value is -4.79. The van der Waals surface area contributed by atoms with Crippen LogP contribution in [0.1, 0.15) is 37.4 Å². The van der Waals surface area contributed by atoms with Crippen molar-refractivity contribution in [2.24, 2.45) is 7.05 Å². The number of benzene rings is 3. The van der Waals surface area contributed by atoms with Crippen LogP contribution in [0.2, 0.25) is 5.02 Å². The van der Waals surface area contributed by atoms with Crippen molar-refractivity contribution in [3.63, 3.8) is 0 Å². The Morgan fingerprint density at radius 2 is 1.46 bits per heavy atom. The third-order valence-electron chi connectivity index (χ3n) is 7.24. The molecule has 4 rings (SSSR count). The van der Waals surface area contributed by atoms with E-state index in [0.29, 0.717) is 22.7 Å². The van der Waals surface area contributed by atoms with Crippen molar-refractivity contribution in [3.8, 4) is 0 Å². The molecule has 2 amide bonds. The van der Waals surface area contributed by atoms with Gasteiger partial charge < -0.3 is 14.8 Å². The third kappa shape index (κ3) is 8.37. The summed E-state index contributed by atoms with van der Waals surface area (Å²) in [4.78, 5) is 39.0. The van der Waals surface area contributed by atoms with Crippen molar-refractivity contribution < 1.29 is 53.9 Å². The summed E-state index contributed by atoms with van der Waals surface area (Å²) in [6, 6.07) is 9.39. The summed E-state index contributed by atoms with van der Waals surface area (Å²) in [5, 5.41) is 2.69. The van der Waals surface area contributed by atoms with Crippen LogP contribution in [0.25, 0.3) is 10.9 Å². The second kappa shape index (κ2) is 13.4. The molecule has 6 nitrogen and oxygen atoms in total. The summed E-state index contributed by atoms with van der Waals surface area (Å²) in [6.07, 6.45) is -12.5. The summed E-state index contributed by atoms with van der Waals surface area (Å²) in [6.45, 7) is 0. The van der Waals surface area contributed by atoms with E-state index in [0.717, 1.165) is 30.3 Å². The van der Waals surface area contributed by atoms with Crippen molar-refractivity contribution in [2.45, 2.75) is 31.0 Å². The second-order valence-corrected chi connectivity index (χ2v) is 11.1. The Morgan fingerprint density at radius 1 is 0.875 bits per heavy atom. The van der Waals surface area contributed by atoms with Gasteiger partial charge in [-0.2, -0.15) is 39.5 Å². The van der Waals surface area contributed by atoms with Crippen LogP contribution in [0.15, 0.2) is 79.0 Å². The van der Waals surface area contributed by atoms with E-state index < -0.39 is 64.4 Å². The van der Waals surface area contributed by atoms with Crippen molar-refractivity contribution in [3.05, 3.63) is 112 Å². The minimum atomic E-state index is -5.20. The molecule has 16 heteroatoms. The number of likely N-dealkylation sites (N-methyl/N-ethyl adjacent to an activating group) is 1. The first kappa shape index (κ1) is 36.1. The molecular formula is C32H23ClF9N3O3. The fourth-order valence-electron chi connectivity index (χ4n) is 4.81. The number of carbonyl (C=O) groups is 3. The number of aryl methyl sites for hydroxylation is 1. The molecule has 1 aromatic heterocycles. The fraction of sp³-hybridized carbons (Fsp3) is 0.219. The number of ketones is 1. The Labute approximate surface area is 271 Å². The number of carbonyl (C=O) groups excluding carboxylic acids is 3. The van der Waals surface area contributed by atoms with Crippen LogP contribution in [0, 0.1) is 0 Å². The van der Waals surface area contributed by atoms with Crippen LogP contribution in [0.4, 0.5) is 45.2 Å². The molecule has 254 valence electrons. The number of aromatic nitrogens is 1. The first-order valence-electron chi connectivity index (χ1n) is 13.7. The van der Waals surface area contributed by atoms with Crippen molar-refractivity contribution >= 4 is 45.8 Å². The molecule has 0 aliphatic carbocycles. The molecule has 0 bridgehead atoms. The Balaban J connectivity index is 1.65. The van der Waals surface area contributed by atoms with E-state index in [9.17, 15) is 53.9 Å². The maximum Gasteiger partial charge on any atom is 0.454 e. The molecule has 0 aliphatic heterocycles. The highest BCUT2D eigenvalue weighted by molar-refractivity contribution is 6.30. The van der Waals surface area contributed by atoms with Gasteiger partial charge in [-0.25, -0.2) is 0 Å². The summed E-state index contributed by atoms with van der Waals surface area (Å²) in [5.41, 5.74) is -4.12. The van der Waals surface area contributed by atoms with Crippen LogP contribution in [-0.4, -0.2) is 46.3 Å². The number of hydrogen-bond donors (Lipinski definition) is 1. The van der Waals surface area contributed by atoms with E-state index in [2.05, 4.69) is 5.32 Å². The normalized spacial score (nSPS) is 13.2. The second-order valence-electron chi connectivity index (χ2n) is 10.7. The average Bonchev–Trinajstić information content (AvgIpc) is 3.32. The minimum absolute atomic E-state index is 0.00176. The number of anilines is 1. The average molecular weight is 704 g/mol. The number of halogens is 10. The van der Waals surface area contributed by atoms with Gasteiger partial charge in [0.05, 0.1) is 22.7 Å². The van der Waals surface area contributed by atoms with Gasteiger partial charge in [-0.15, -0.1) is 0 Å². The maximum atomic E-state index is 13.4. The predicted molar refractivity (Wildman–Crippen MR) is 159 cm³/mol. The van der Waals surface area contributed by atoms with Crippen molar-refractivity contribution in [2.75, 3.05) is 12.4 Å². The largest absolute Gasteiger partial charge is 0.454 e. The molecule has 1 atom stereocenters. The monoisotopic (exact) mass is 703 g/mol. The number of hydrogen-bond acceptors (Lipinski definition) is 3. The standard InChI is InChI=1S/C32H23ClF9N3O3/c1-44-16-25(28(47)32(40,41)42)24-15-22(7-9-26(24)44)43-27(46)10-8-23(11-17-3-5-21(33)6-4-17)45(2)29(48)18-12-19(30(34,35)36)14-20(13-18)31(37,38)39/h3-10,12-16,23H,11H2,1-2H3,(H,43,46). The van der Waals surface area contributed by atoms with E-state index in [-0.39, 0.29) is 29.1 Å². The number of alkyl halides is 9. The lowest BCUT2D eigenvalue weighted by molar-refractivity contribution is -0.143. The smallest absolute Gasteiger partial charge is 0.350 e. The van der Waals surface area contributed by atoms with Gasteiger partial charge >= 0.3 is 18.5 Å². The topological polar surface area (TPSA) is 71.4 Å². The highest BCUT2D eigenvalue weighted by atomic mass is 35.5. The van der Waals surface area contributed by atoms with Crippen molar-refractivity contribution in [1.29, 1.82) is 0 Å². The predicted octanol–water partition coefficient (Wildman–Crippen LogP) is 8.49. The zero-order valence-electron chi connectivity index (χ0n) is 24.7. The van der Waals surface area contributed by atoms with Gasteiger partial charge in [0.25, 0.3) is 11.7 Å². The molecule has 0 saturated heterocycles. The van der Waals surface area contributed by atoms with Crippen LogP contribution in [0.3, 0.4) is 0 Å². The number of rotatable bonds is 8. The molecule has 0 aliphatic rings. The van der Waals surface area contributed by atoms with Gasteiger partial charge in [0.2, 0.25) is 5.91 Å². The zero-order chi connectivity index (χ0) is 35.8. The lowest BCUT2D eigenvalue weighted by atomic mass is 10.0. The Morgan fingerprint density at radius 3 is 2.00 bits per heavy atom. The molecule has 0 saturated carbocycles. The fourth-order valence-corrected chi connectivity index (χ4v) is 4.94. The molecule has 1 heterocycles. The molecule has 48 heavy (non-hydrogen) atoms. The zero-order valence-corrected chi connectivity index (χ0v) is 25.4. The SMILES string of the molecule is CN(C(=O)c1cc(C(F)(F)F)cc(C(F)(F)F)c1)C(C=CC(=O)Nc1ccc2c(c1)c(C(=O)C(F)(F)F)cn2C)Cc1ccc(Cl)cc1. The molecule has 3 aromatic carbocycles. The van der Waals surface area contributed by atoms with Crippen molar-refractivity contribution in [1.82, 2.24) is 9.47 Å². The summed E-state index contributed by atoms with van der Waals surface area (Å²) in [5.74, 6) is -4.15. The Kier molecular flexibility index (Phi) is 10.0. The molecular weight excluding hydrogens is 681 g/mol. The lowest BCUT2D eigenvalue weighted by Gasteiger charge is -2.27. The lowest BCUT2D eigenvalue weighted by Crippen LogP contribution is -2.37. The van der Waals surface area contributed by atoms with Crippen LogP contribution in [0.5, 0.6) is 0 Å². The highest BCUT2D eigenvalue weighted by Crippen LogP contribution is 2.37. The molecule has 4 aromatic rings. The van der Waals surface area contributed by atoms with E-state index in [1.165, 1.54) is 42.0 Å². The molecule has 0 fully saturated rings. The van der Waals surface area contributed by atoms with E-state index >= 15 is 0 Å². The molecule has 0 spiro atoms. The first-order chi connectivity index (χ1) is 22.1. The third-order valence-corrected chi connectivity index (χ3v) is 7.49. The van der Waals surface area contributed by atoms with Gasteiger partial charge in [-0.05, 0) is 60.5 Å².